The van der Waals surface area contributed by atoms with Crippen molar-refractivity contribution in [2.24, 2.45) is 0 Å². The van der Waals surface area contributed by atoms with E-state index >= 15 is 0 Å². The fourth-order valence-corrected chi connectivity index (χ4v) is 2.81. The van der Waals surface area contributed by atoms with Gasteiger partial charge in [-0.25, -0.2) is 4.79 Å². The lowest BCUT2D eigenvalue weighted by Crippen LogP contribution is -2.33. The third-order valence-electron chi connectivity index (χ3n) is 3.87. The van der Waals surface area contributed by atoms with Gasteiger partial charge in [0, 0.05) is 5.69 Å². The molecule has 1 saturated heterocycles. The summed E-state index contributed by atoms with van der Waals surface area (Å²) in [6.45, 7) is 2.43. The standard InChI is InChI=1S/C15H20N4O2/c20-14(10-19-7-3-1-2-4-8-19)16-11-5-6-12-13(9-11)18-15(21)17-12/h5-6,9H,1-4,7-8,10H2,(H,16,20)(H2,17,18,21). The van der Waals surface area contributed by atoms with Crippen molar-refractivity contribution in [2.75, 3.05) is 25.0 Å². The molecule has 6 heteroatoms. The van der Waals surface area contributed by atoms with Crippen LogP contribution < -0.4 is 11.0 Å². The second-order valence-electron chi connectivity index (χ2n) is 5.58. The summed E-state index contributed by atoms with van der Waals surface area (Å²) in [6, 6.07) is 5.36. The van der Waals surface area contributed by atoms with Crippen molar-refractivity contribution < 1.29 is 4.79 Å². The number of aromatic nitrogens is 2. The Morgan fingerprint density at radius 3 is 2.57 bits per heavy atom. The molecule has 1 fully saturated rings. The van der Waals surface area contributed by atoms with E-state index in [1.165, 1.54) is 25.7 Å². The van der Waals surface area contributed by atoms with Crippen molar-refractivity contribution >= 4 is 22.6 Å². The Bertz CT molecular complexity index is 680. The summed E-state index contributed by atoms with van der Waals surface area (Å²) in [5, 5.41) is 2.89. The molecule has 1 aliphatic rings. The molecule has 1 aromatic heterocycles. The Morgan fingerprint density at radius 1 is 1.10 bits per heavy atom. The SMILES string of the molecule is O=C(CN1CCCCCC1)Nc1ccc2[nH]c(=O)[nH]c2c1. The Balaban J connectivity index is 1.63. The fraction of sp³-hybridized carbons (Fsp3) is 0.467. The molecule has 0 bridgehead atoms. The van der Waals surface area contributed by atoms with Crippen LogP contribution in [0.5, 0.6) is 0 Å². The molecule has 3 rings (SSSR count). The van der Waals surface area contributed by atoms with Crippen molar-refractivity contribution in [3.05, 3.63) is 28.7 Å². The minimum atomic E-state index is -0.238. The largest absolute Gasteiger partial charge is 0.325 e. The maximum atomic E-state index is 12.1. The van der Waals surface area contributed by atoms with Gasteiger partial charge in [0.2, 0.25) is 5.91 Å². The lowest BCUT2D eigenvalue weighted by atomic mass is 10.2. The van der Waals surface area contributed by atoms with Gasteiger partial charge in [-0.1, -0.05) is 12.8 Å². The van der Waals surface area contributed by atoms with Crippen molar-refractivity contribution in [3.8, 4) is 0 Å². The molecule has 1 aliphatic heterocycles. The van der Waals surface area contributed by atoms with E-state index in [4.69, 9.17) is 0 Å². The highest BCUT2D eigenvalue weighted by atomic mass is 16.2. The molecule has 112 valence electrons. The van der Waals surface area contributed by atoms with Crippen LogP contribution in [0.2, 0.25) is 0 Å². The Kier molecular flexibility index (Phi) is 4.06. The number of amides is 1. The van der Waals surface area contributed by atoms with E-state index in [0.717, 1.165) is 18.6 Å². The van der Waals surface area contributed by atoms with Crippen molar-refractivity contribution in [2.45, 2.75) is 25.7 Å². The first-order valence-corrected chi connectivity index (χ1v) is 7.45. The number of hydrogen-bond acceptors (Lipinski definition) is 3. The zero-order chi connectivity index (χ0) is 14.7. The van der Waals surface area contributed by atoms with Crippen LogP contribution in [-0.2, 0) is 4.79 Å². The van der Waals surface area contributed by atoms with Crippen molar-refractivity contribution in [1.29, 1.82) is 0 Å². The average Bonchev–Trinajstić information content (AvgIpc) is 2.64. The van der Waals surface area contributed by atoms with Crippen LogP contribution in [0.15, 0.2) is 23.0 Å². The van der Waals surface area contributed by atoms with Crippen LogP contribution in [0.1, 0.15) is 25.7 Å². The number of likely N-dealkylation sites (tertiary alicyclic amines) is 1. The highest BCUT2D eigenvalue weighted by Gasteiger charge is 2.13. The van der Waals surface area contributed by atoms with Gasteiger partial charge in [-0.05, 0) is 44.1 Å². The zero-order valence-corrected chi connectivity index (χ0v) is 11.9. The van der Waals surface area contributed by atoms with Gasteiger partial charge >= 0.3 is 5.69 Å². The van der Waals surface area contributed by atoms with Gasteiger partial charge in [0.1, 0.15) is 0 Å². The summed E-state index contributed by atoms with van der Waals surface area (Å²) in [5.41, 5.74) is 1.91. The minimum absolute atomic E-state index is 0.00543. The summed E-state index contributed by atoms with van der Waals surface area (Å²) in [4.78, 5) is 30.9. The number of imidazole rings is 1. The lowest BCUT2D eigenvalue weighted by Gasteiger charge is -2.18. The van der Waals surface area contributed by atoms with E-state index in [0.29, 0.717) is 17.7 Å². The molecule has 0 saturated carbocycles. The number of anilines is 1. The third kappa shape index (κ3) is 3.52. The van der Waals surface area contributed by atoms with E-state index in [9.17, 15) is 9.59 Å². The number of nitrogens with zero attached hydrogens (tertiary/aromatic N) is 1. The third-order valence-corrected chi connectivity index (χ3v) is 3.87. The van der Waals surface area contributed by atoms with Crippen LogP contribution in [0.25, 0.3) is 11.0 Å². The average molecular weight is 288 g/mol. The van der Waals surface area contributed by atoms with Gasteiger partial charge in [0.15, 0.2) is 0 Å². The number of hydrogen-bond donors (Lipinski definition) is 3. The summed E-state index contributed by atoms with van der Waals surface area (Å²) >= 11 is 0. The highest BCUT2D eigenvalue weighted by molar-refractivity contribution is 5.94. The van der Waals surface area contributed by atoms with Gasteiger partial charge in [-0.3, -0.25) is 9.69 Å². The molecule has 21 heavy (non-hydrogen) atoms. The molecule has 6 nitrogen and oxygen atoms in total. The predicted octanol–water partition coefficient (Wildman–Crippen LogP) is 1.67. The van der Waals surface area contributed by atoms with E-state index in [1.807, 2.05) is 0 Å². The topological polar surface area (TPSA) is 81.0 Å². The normalized spacial score (nSPS) is 16.8. The van der Waals surface area contributed by atoms with Crippen LogP contribution in [0.4, 0.5) is 5.69 Å². The first kappa shape index (κ1) is 13.9. The number of nitrogens with one attached hydrogen (secondary N) is 3. The summed E-state index contributed by atoms with van der Waals surface area (Å²) in [7, 11) is 0. The van der Waals surface area contributed by atoms with Crippen LogP contribution in [0.3, 0.4) is 0 Å². The first-order valence-electron chi connectivity index (χ1n) is 7.45. The molecular weight excluding hydrogens is 268 g/mol. The summed E-state index contributed by atoms with van der Waals surface area (Å²) in [5.74, 6) is -0.00543. The number of benzene rings is 1. The highest BCUT2D eigenvalue weighted by Crippen LogP contribution is 2.15. The summed E-state index contributed by atoms with van der Waals surface area (Å²) < 4.78 is 0. The maximum absolute atomic E-state index is 12.1. The van der Waals surface area contributed by atoms with Crippen LogP contribution in [0, 0.1) is 0 Å². The maximum Gasteiger partial charge on any atom is 0.323 e. The van der Waals surface area contributed by atoms with Gasteiger partial charge < -0.3 is 15.3 Å². The Labute approximate surface area is 122 Å². The lowest BCUT2D eigenvalue weighted by molar-refractivity contribution is -0.117. The monoisotopic (exact) mass is 288 g/mol. The van der Waals surface area contributed by atoms with Crippen molar-refractivity contribution in [1.82, 2.24) is 14.9 Å². The first-order chi connectivity index (χ1) is 10.2. The Hall–Kier alpha value is -2.08. The zero-order valence-electron chi connectivity index (χ0n) is 11.9. The Morgan fingerprint density at radius 2 is 1.81 bits per heavy atom. The second-order valence-corrected chi connectivity index (χ2v) is 5.58. The van der Waals surface area contributed by atoms with Crippen LogP contribution >= 0.6 is 0 Å². The molecule has 3 N–H and O–H groups in total. The number of carbonyl (C=O) groups is 1. The van der Waals surface area contributed by atoms with Gasteiger partial charge in [0.05, 0.1) is 17.6 Å². The van der Waals surface area contributed by atoms with Gasteiger partial charge in [-0.2, -0.15) is 0 Å². The van der Waals surface area contributed by atoms with E-state index < -0.39 is 0 Å². The molecule has 0 atom stereocenters. The molecule has 0 spiro atoms. The second kappa shape index (κ2) is 6.13. The van der Waals surface area contributed by atoms with Gasteiger partial charge in [-0.15, -0.1) is 0 Å². The van der Waals surface area contributed by atoms with Crippen LogP contribution in [-0.4, -0.2) is 40.4 Å². The van der Waals surface area contributed by atoms with Crippen molar-refractivity contribution in [3.63, 3.8) is 0 Å². The van der Waals surface area contributed by atoms with E-state index in [-0.39, 0.29) is 11.6 Å². The number of fused-ring (bicyclic) bond motifs is 1. The number of H-pyrrole nitrogens is 2. The molecule has 2 aromatic rings. The fourth-order valence-electron chi connectivity index (χ4n) is 2.81. The number of rotatable bonds is 3. The molecular formula is C15H20N4O2. The number of carbonyl (C=O) groups excluding carboxylic acids is 1. The van der Waals surface area contributed by atoms with Gasteiger partial charge in [0.25, 0.3) is 0 Å². The van der Waals surface area contributed by atoms with E-state index in [2.05, 4.69) is 20.2 Å². The van der Waals surface area contributed by atoms with E-state index in [1.54, 1.807) is 18.2 Å². The quantitative estimate of drug-likeness (QED) is 0.803. The molecule has 0 aliphatic carbocycles. The smallest absolute Gasteiger partial charge is 0.323 e. The summed E-state index contributed by atoms with van der Waals surface area (Å²) in [6.07, 6.45) is 4.86. The molecule has 0 radical (unpaired) electrons. The minimum Gasteiger partial charge on any atom is -0.325 e. The molecule has 1 amide bonds. The molecule has 0 unspecified atom stereocenters. The molecule has 2 heterocycles. The predicted molar refractivity (Wildman–Crippen MR) is 82.5 cm³/mol. The number of aromatic amines is 2. The molecule has 1 aromatic carbocycles.